The summed E-state index contributed by atoms with van der Waals surface area (Å²) in [6.45, 7) is 11.2. The number of hydrogen-bond donors (Lipinski definition) is 2. The van der Waals surface area contributed by atoms with Crippen LogP contribution < -0.4 is 10.6 Å². The van der Waals surface area contributed by atoms with Gasteiger partial charge in [-0.25, -0.2) is 4.79 Å². The van der Waals surface area contributed by atoms with Gasteiger partial charge in [0.05, 0.1) is 0 Å². The normalized spacial score (nSPS) is 13.6. The van der Waals surface area contributed by atoms with Gasteiger partial charge in [-0.1, -0.05) is 67.1 Å². The lowest BCUT2D eigenvalue weighted by Gasteiger charge is -2.38. The van der Waals surface area contributed by atoms with Gasteiger partial charge in [0.25, 0.3) is 5.91 Å². The fourth-order valence-electron chi connectivity index (χ4n) is 4.67. The molecule has 0 bridgehead atoms. The van der Waals surface area contributed by atoms with Crippen molar-refractivity contribution in [3.8, 4) is 0 Å². The molecule has 8 heteroatoms. The third kappa shape index (κ3) is 8.98. The summed E-state index contributed by atoms with van der Waals surface area (Å²) in [7, 11) is 0. The summed E-state index contributed by atoms with van der Waals surface area (Å²) in [5.41, 5.74) is 1.62. The number of benzene rings is 3. The Morgan fingerprint density at radius 2 is 1.68 bits per heavy atom. The first-order valence-electron chi connectivity index (χ1n) is 14.1. The molecular formula is C33H43N3O4S. The average molecular weight is 578 g/mol. The highest BCUT2D eigenvalue weighted by Gasteiger charge is 2.38. The molecule has 0 heterocycles. The van der Waals surface area contributed by atoms with E-state index in [2.05, 4.69) is 10.6 Å². The lowest BCUT2D eigenvalue weighted by Crippen LogP contribution is -2.55. The van der Waals surface area contributed by atoms with Gasteiger partial charge in [0.1, 0.15) is 17.7 Å². The van der Waals surface area contributed by atoms with E-state index >= 15 is 0 Å². The van der Waals surface area contributed by atoms with Gasteiger partial charge < -0.3 is 20.3 Å². The summed E-state index contributed by atoms with van der Waals surface area (Å²) in [6, 6.07) is 19.3. The number of fused-ring (bicyclic) bond motifs is 1. The topological polar surface area (TPSA) is 87.7 Å². The average Bonchev–Trinajstić information content (AvgIpc) is 2.92. The van der Waals surface area contributed by atoms with Crippen molar-refractivity contribution < 1.29 is 19.1 Å². The smallest absolute Gasteiger partial charge is 0.408 e. The van der Waals surface area contributed by atoms with Crippen LogP contribution in [-0.4, -0.2) is 52.5 Å². The molecule has 0 spiro atoms. The maximum absolute atomic E-state index is 14.3. The van der Waals surface area contributed by atoms with E-state index in [1.807, 2.05) is 93.8 Å². The lowest BCUT2D eigenvalue weighted by molar-refractivity contribution is -0.143. The Labute approximate surface area is 248 Å². The molecule has 0 aliphatic carbocycles. The number of carbonyl (C=O) groups excluding carboxylic acids is 3. The van der Waals surface area contributed by atoms with Crippen molar-refractivity contribution in [2.45, 2.75) is 78.1 Å². The lowest BCUT2D eigenvalue weighted by atomic mass is 9.98. The monoisotopic (exact) mass is 577 g/mol. The van der Waals surface area contributed by atoms with Crippen LogP contribution in [0.4, 0.5) is 10.5 Å². The summed E-state index contributed by atoms with van der Waals surface area (Å²) >= 11 is 1.59. The van der Waals surface area contributed by atoms with E-state index in [1.165, 1.54) is 0 Å². The zero-order valence-corrected chi connectivity index (χ0v) is 26.0. The number of hydrogen-bond acceptors (Lipinski definition) is 5. The summed E-state index contributed by atoms with van der Waals surface area (Å²) in [5, 5.41) is 7.94. The van der Waals surface area contributed by atoms with E-state index in [0.717, 1.165) is 16.3 Å². The minimum atomic E-state index is -0.916. The standard InChI is InChI=1S/C33H43N3O4S/c1-8-23(3)36(31(38)28(18-19-41-7)35-32(39)40-33(4,5)6)29(26-15-11-12-22(2)20-26)30(37)34-27-17-16-24-13-9-10-14-25(24)21-27/h9-17,20-21,23,28-29H,8,18-19H2,1-7H3,(H,34,37)(H,35,39). The van der Waals surface area contributed by atoms with Gasteiger partial charge in [0.2, 0.25) is 5.91 Å². The summed E-state index contributed by atoms with van der Waals surface area (Å²) in [4.78, 5) is 42.9. The van der Waals surface area contributed by atoms with Gasteiger partial charge >= 0.3 is 6.09 Å². The second-order valence-electron chi connectivity index (χ2n) is 11.4. The number of nitrogens with zero attached hydrogens (tertiary/aromatic N) is 1. The zero-order chi connectivity index (χ0) is 30.2. The first kappa shape index (κ1) is 32.0. The Bertz CT molecular complexity index is 1350. The molecular weight excluding hydrogens is 534 g/mol. The Hall–Kier alpha value is -3.52. The third-order valence-electron chi connectivity index (χ3n) is 6.82. The van der Waals surface area contributed by atoms with Gasteiger partial charge in [-0.15, -0.1) is 0 Å². The number of amides is 3. The van der Waals surface area contributed by atoms with Crippen molar-refractivity contribution in [3.63, 3.8) is 0 Å². The Morgan fingerprint density at radius 3 is 2.32 bits per heavy atom. The highest BCUT2D eigenvalue weighted by molar-refractivity contribution is 7.98. The Morgan fingerprint density at radius 1 is 0.976 bits per heavy atom. The highest BCUT2D eigenvalue weighted by atomic mass is 32.2. The van der Waals surface area contributed by atoms with Crippen LogP contribution in [0.15, 0.2) is 66.7 Å². The Kier molecular flexibility index (Phi) is 11.2. The number of alkyl carbamates (subject to hydrolysis) is 1. The molecule has 3 unspecified atom stereocenters. The molecule has 220 valence electrons. The molecule has 3 aromatic rings. The Balaban J connectivity index is 2.04. The van der Waals surface area contributed by atoms with Gasteiger partial charge in [0, 0.05) is 11.7 Å². The predicted octanol–water partition coefficient (Wildman–Crippen LogP) is 7.10. The van der Waals surface area contributed by atoms with Gasteiger partial charge in [0.15, 0.2) is 0 Å². The molecule has 0 aliphatic rings. The molecule has 3 atom stereocenters. The molecule has 3 amide bonds. The number of ether oxygens (including phenoxy) is 1. The van der Waals surface area contributed by atoms with Crippen molar-refractivity contribution in [2.24, 2.45) is 0 Å². The molecule has 3 aromatic carbocycles. The second-order valence-corrected chi connectivity index (χ2v) is 12.3. The number of rotatable bonds is 11. The van der Waals surface area contributed by atoms with Gasteiger partial charge in [-0.3, -0.25) is 9.59 Å². The molecule has 0 radical (unpaired) electrons. The van der Waals surface area contributed by atoms with Crippen LogP contribution >= 0.6 is 11.8 Å². The van der Waals surface area contributed by atoms with Gasteiger partial charge in [-0.2, -0.15) is 11.8 Å². The largest absolute Gasteiger partial charge is 0.444 e. The molecule has 3 rings (SSSR count). The van der Waals surface area contributed by atoms with E-state index in [1.54, 1.807) is 37.4 Å². The quantitative estimate of drug-likeness (QED) is 0.254. The summed E-state index contributed by atoms with van der Waals surface area (Å²) < 4.78 is 5.48. The first-order valence-corrected chi connectivity index (χ1v) is 15.5. The van der Waals surface area contributed by atoms with E-state index in [0.29, 0.717) is 29.8 Å². The molecule has 0 aliphatic heterocycles. The van der Waals surface area contributed by atoms with Crippen molar-refractivity contribution in [2.75, 3.05) is 17.3 Å². The molecule has 7 nitrogen and oxygen atoms in total. The molecule has 0 saturated carbocycles. The zero-order valence-electron chi connectivity index (χ0n) is 25.2. The fraction of sp³-hybridized carbons (Fsp3) is 0.424. The summed E-state index contributed by atoms with van der Waals surface area (Å²) in [6.07, 6.45) is 2.32. The third-order valence-corrected chi connectivity index (χ3v) is 7.47. The number of nitrogens with one attached hydrogen (secondary N) is 2. The van der Waals surface area contributed by atoms with E-state index in [4.69, 9.17) is 4.74 Å². The van der Waals surface area contributed by atoms with Crippen molar-refractivity contribution >= 4 is 46.1 Å². The maximum Gasteiger partial charge on any atom is 0.408 e. The van der Waals surface area contributed by atoms with Crippen molar-refractivity contribution in [1.82, 2.24) is 10.2 Å². The number of carbonyl (C=O) groups is 3. The van der Waals surface area contributed by atoms with Crippen LogP contribution in [0.3, 0.4) is 0 Å². The fourth-order valence-corrected chi connectivity index (χ4v) is 5.15. The van der Waals surface area contributed by atoms with Crippen LogP contribution in [0.2, 0.25) is 0 Å². The van der Waals surface area contributed by atoms with E-state index in [-0.39, 0.29) is 17.9 Å². The molecule has 0 saturated heterocycles. The van der Waals surface area contributed by atoms with Crippen LogP contribution in [0.25, 0.3) is 10.8 Å². The first-order chi connectivity index (χ1) is 19.4. The van der Waals surface area contributed by atoms with E-state index < -0.39 is 23.8 Å². The van der Waals surface area contributed by atoms with Crippen LogP contribution in [-0.2, 0) is 14.3 Å². The molecule has 0 aromatic heterocycles. The summed E-state index contributed by atoms with van der Waals surface area (Å²) in [5.74, 6) is 0.0127. The molecule has 41 heavy (non-hydrogen) atoms. The van der Waals surface area contributed by atoms with Crippen LogP contribution in [0, 0.1) is 6.92 Å². The van der Waals surface area contributed by atoms with Crippen molar-refractivity contribution in [1.29, 1.82) is 0 Å². The SMILES string of the molecule is CCC(C)N(C(=O)C(CCSC)NC(=O)OC(C)(C)C)C(C(=O)Nc1ccc2ccccc2c1)c1cccc(C)c1. The highest BCUT2D eigenvalue weighted by Crippen LogP contribution is 2.29. The van der Waals surface area contributed by atoms with Crippen molar-refractivity contribution in [3.05, 3.63) is 77.9 Å². The molecule has 0 fully saturated rings. The van der Waals surface area contributed by atoms with Crippen LogP contribution in [0.5, 0.6) is 0 Å². The predicted molar refractivity (Wildman–Crippen MR) is 169 cm³/mol. The minimum absolute atomic E-state index is 0.285. The second kappa shape index (κ2) is 14.4. The number of anilines is 1. The maximum atomic E-state index is 14.3. The molecule has 2 N–H and O–H groups in total. The van der Waals surface area contributed by atoms with Gasteiger partial charge in [-0.05, 0) is 87.9 Å². The number of aryl methyl sites for hydroxylation is 1. The van der Waals surface area contributed by atoms with E-state index in [9.17, 15) is 14.4 Å². The van der Waals surface area contributed by atoms with Crippen LogP contribution in [0.1, 0.15) is 64.6 Å². The number of thioether (sulfide) groups is 1. The minimum Gasteiger partial charge on any atom is -0.444 e.